The van der Waals surface area contributed by atoms with E-state index in [9.17, 15) is 8.42 Å². The molecule has 0 amide bonds. The van der Waals surface area contributed by atoms with E-state index in [2.05, 4.69) is 71.7 Å². The summed E-state index contributed by atoms with van der Waals surface area (Å²) in [7, 11) is -3.48. The normalized spacial score (nSPS) is 12.7. The molecule has 0 bridgehead atoms. The Bertz CT molecular complexity index is 1320. The fourth-order valence-corrected chi connectivity index (χ4v) is 4.40. The fraction of sp³-hybridized carbons (Fsp3) is 0.160. The Labute approximate surface area is 182 Å². The van der Waals surface area contributed by atoms with Crippen LogP contribution in [0.4, 0.5) is 0 Å². The van der Waals surface area contributed by atoms with Gasteiger partial charge in [-0.05, 0) is 58.4 Å². The van der Waals surface area contributed by atoms with Gasteiger partial charge in [-0.2, -0.15) is 5.10 Å². The third-order valence-corrected chi connectivity index (χ3v) is 6.20. The van der Waals surface area contributed by atoms with Crippen LogP contribution in [0.15, 0.2) is 79.0 Å². The quantitative estimate of drug-likeness (QED) is 0.413. The molecule has 4 rings (SSSR count). The standard InChI is InChI=1S/C25H25N3O2S/c1-2-23(19-6-4-3-5-7-19)25(21-12-13-24-22(16-21)17-27-28-24)20-10-8-18(9-11-20)14-15-31(26,29)30/h3-13,16-17H,2,14-15H2,1H3,(H,27,28)(H2,26,29,30)/b25-23+. The monoisotopic (exact) mass is 431 g/mol. The van der Waals surface area contributed by atoms with Gasteiger partial charge >= 0.3 is 0 Å². The molecule has 31 heavy (non-hydrogen) atoms. The number of nitrogens with two attached hydrogens (primary N) is 1. The molecule has 0 saturated carbocycles. The molecule has 0 aliphatic heterocycles. The molecule has 1 aromatic heterocycles. The number of aromatic nitrogens is 2. The second kappa shape index (κ2) is 8.88. The predicted molar refractivity (Wildman–Crippen MR) is 127 cm³/mol. The lowest BCUT2D eigenvalue weighted by atomic mass is 9.87. The average Bonchev–Trinajstić information content (AvgIpc) is 3.24. The molecule has 3 N–H and O–H groups in total. The van der Waals surface area contributed by atoms with Crippen LogP contribution >= 0.6 is 0 Å². The van der Waals surface area contributed by atoms with Crippen molar-refractivity contribution in [2.24, 2.45) is 5.14 Å². The first-order valence-corrected chi connectivity index (χ1v) is 12.0. The SMILES string of the molecule is CC/C(=C(/c1ccc(CCS(N)(=O)=O)cc1)c1ccc2[nH]ncc2c1)c1ccccc1. The van der Waals surface area contributed by atoms with Gasteiger partial charge in [-0.25, -0.2) is 13.6 Å². The molecule has 0 saturated heterocycles. The minimum absolute atomic E-state index is 0.0591. The first-order valence-electron chi connectivity index (χ1n) is 10.3. The number of aryl methyl sites for hydroxylation is 1. The number of primary sulfonamides is 1. The molecule has 0 aliphatic carbocycles. The van der Waals surface area contributed by atoms with Crippen molar-refractivity contribution in [3.8, 4) is 0 Å². The summed E-state index contributed by atoms with van der Waals surface area (Å²) in [6, 6.07) is 24.8. The van der Waals surface area contributed by atoms with Crippen LogP contribution in [0, 0.1) is 0 Å². The Morgan fingerprint density at radius 2 is 1.65 bits per heavy atom. The van der Waals surface area contributed by atoms with Crippen molar-refractivity contribution in [1.82, 2.24) is 10.2 Å². The molecule has 1 heterocycles. The van der Waals surface area contributed by atoms with E-state index in [1.54, 1.807) is 0 Å². The van der Waals surface area contributed by atoms with Crippen molar-refractivity contribution in [3.63, 3.8) is 0 Å². The first-order chi connectivity index (χ1) is 14.9. The van der Waals surface area contributed by atoms with Crippen LogP contribution in [0.5, 0.6) is 0 Å². The zero-order valence-corrected chi connectivity index (χ0v) is 18.2. The molecule has 0 aliphatic rings. The molecule has 4 aromatic rings. The Kier molecular flexibility index (Phi) is 6.02. The van der Waals surface area contributed by atoms with Crippen molar-refractivity contribution in [2.45, 2.75) is 19.8 Å². The number of hydrogen-bond donors (Lipinski definition) is 2. The molecule has 158 valence electrons. The van der Waals surface area contributed by atoms with Gasteiger partial charge < -0.3 is 0 Å². The average molecular weight is 432 g/mol. The van der Waals surface area contributed by atoms with E-state index in [0.29, 0.717) is 6.42 Å². The maximum atomic E-state index is 11.3. The molecule has 0 radical (unpaired) electrons. The van der Waals surface area contributed by atoms with Gasteiger partial charge in [0.1, 0.15) is 0 Å². The van der Waals surface area contributed by atoms with E-state index >= 15 is 0 Å². The second-order valence-corrected chi connectivity index (χ2v) is 9.29. The topological polar surface area (TPSA) is 88.8 Å². The highest BCUT2D eigenvalue weighted by Gasteiger charge is 2.14. The molecule has 5 nitrogen and oxygen atoms in total. The number of hydrogen-bond acceptors (Lipinski definition) is 3. The van der Waals surface area contributed by atoms with Gasteiger partial charge in [-0.3, -0.25) is 5.10 Å². The molecule has 0 unspecified atom stereocenters. The van der Waals surface area contributed by atoms with Crippen LogP contribution in [0.3, 0.4) is 0 Å². The number of benzene rings is 3. The highest BCUT2D eigenvalue weighted by Crippen LogP contribution is 2.35. The molecule has 0 spiro atoms. The van der Waals surface area contributed by atoms with Gasteiger partial charge in [0, 0.05) is 5.39 Å². The minimum Gasteiger partial charge on any atom is -0.278 e. The summed E-state index contributed by atoms with van der Waals surface area (Å²) in [6.45, 7) is 2.17. The zero-order valence-electron chi connectivity index (χ0n) is 17.4. The number of aromatic amines is 1. The zero-order chi connectivity index (χ0) is 21.8. The summed E-state index contributed by atoms with van der Waals surface area (Å²) >= 11 is 0. The van der Waals surface area contributed by atoms with E-state index in [4.69, 9.17) is 5.14 Å². The van der Waals surface area contributed by atoms with Crippen molar-refractivity contribution >= 4 is 32.1 Å². The van der Waals surface area contributed by atoms with Gasteiger partial charge in [-0.1, -0.05) is 67.6 Å². The summed E-state index contributed by atoms with van der Waals surface area (Å²) in [5.41, 5.74) is 7.75. The molecule has 0 atom stereocenters. The molecule has 6 heteroatoms. The van der Waals surface area contributed by atoms with Gasteiger partial charge in [0.05, 0.1) is 17.5 Å². The summed E-state index contributed by atoms with van der Waals surface area (Å²) in [5, 5.41) is 13.4. The molecule has 3 aromatic carbocycles. The predicted octanol–water partition coefficient (Wildman–Crippen LogP) is 4.76. The number of rotatable bonds is 7. The Balaban J connectivity index is 1.83. The van der Waals surface area contributed by atoms with Crippen LogP contribution in [0.2, 0.25) is 0 Å². The van der Waals surface area contributed by atoms with Crippen molar-refractivity contribution in [2.75, 3.05) is 5.75 Å². The summed E-state index contributed by atoms with van der Waals surface area (Å²) in [4.78, 5) is 0. The van der Waals surface area contributed by atoms with Crippen molar-refractivity contribution < 1.29 is 8.42 Å². The lowest BCUT2D eigenvalue weighted by Crippen LogP contribution is -2.17. The lowest BCUT2D eigenvalue weighted by molar-refractivity contribution is 0.597. The largest absolute Gasteiger partial charge is 0.278 e. The number of allylic oxidation sites excluding steroid dienone is 1. The number of H-pyrrole nitrogens is 1. The third kappa shape index (κ3) is 4.93. The Hall–Kier alpha value is -3.22. The van der Waals surface area contributed by atoms with Gasteiger partial charge in [0.15, 0.2) is 0 Å². The van der Waals surface area contributed by atoms with Crippen LogP contribution in [0.1, 0.15) is 35.6 Å². The number of sulfonamides is 1. The van der Waals surface area contributed by atoms with Gasteiger partial charge in [0.25, 0.3) is 0 Å². The smallest absolute Gasteiger partial charge is 0.209 e. The van der Waals surface area contributed by atoms with E-state index in [1.165, 1.54) is 11.1 Å². The molecular weight excluding hydrogens is 406 g/mol. The summed E-state index contributed by atoms with van der Waals surface area (Å²) in [6.07, 6.45) is 3.11. The Morgan fingerprint density at radius 1 is 0.935 bits per heavy atom. The van der Waals surface area contributed by atoms with Crippen LogP contribution < -0.4 is 5.14 Å². The van der Waals surface area contributed by atoms with Crippen LogP contribution in [0.25, 0.3) is 22.0 Å². The molecule has 0 fully saturated rings. The van der Waals surface area contributed by atoms with Gasteiger partial charge in [0.2, 0.25) is 10.0 Å². The minimum atomic E-state index is -3.48. The van der Waals surface area contributed by atoms with Crippen LogP contribution in [-0.4, -0.2) is 24.4 Å². The molecular formula is C25H25N3O2S. The highest BCUT2D eigenvalue weighted by molar-refractivity contribution is 7.89. The fourth-order valence-electron chi connectivity index (χ4n) is 3.88. The maximum Gasteiger partial charge on any atom is 0.209 e. The highest BCUT2D eigenvalue weighted by atomic mass is 32.2. The second-order valence-electron chi connectivity index (χ2n) is 7.56. The Morgan fingerprint density at radius 3 is 2.32 bits per heavy atom. The van der Waals surface area contributed by atoms with E-state index < -0.39 is 10.0 Å². The summed E-state index contributed by atoms with van der Waals surface area (Å²) < 4.78 is 22.6. The van der Waals surface area contributed by atoms with Crippen molar-refractivity contribution in [3.05, 3.63) is 101 Å². The van der Waals surface area contributed by atoms with E-state index in [0.717, 1.165) is 39.6 Å². The summed E-state index contributed by atoms with van der Waals surface area (Å²) in [5.74, 6) is -0.0591. The number of fused-ring (bicyclic) bond motifs is 1. The van der Waals surface area contributed by atoms with Crippen molar-refractivity contribution in [1.29, 1.82) is 0 Å². The maximum absolute atomic E-state index is 11.3. The third-order valence-electron chi connectivity index (χ3n) is 5.42. The number of nitrogens with one attached hydrogen (secondary N) is 1. The van der Waals surface area contributed by atoms with E-state index in [1.807, 2.05) is 24.4 Å². The number of nitrogens with zero attached hydrogens (tertiary/aromatic N) is 1. The van der Waals surface area contributed by atoms with Gasteiger partial charge in [-0.15, -0.1) is 0 Å². The lowest BCUT2D eigenvalue weighted by Gasteiger charge is -2.17. The first kappa shape index (κ1) is 21.0. The van der Waals surface area contributed by atoms with E-state index in [-0.39, 0.29) is 5.75 Å². The van der Waals surface area contributed by atoms with Crippen LogP contribution in [-0.2, 0) is 16.4 Å².